The van der Waals surface area contributed by atoms with Crippen LogP contribution in [0, 0.1) is 10.1 Å². The molecule has 1 N–H and O–H groups in total. The lowest BCUT2D eigenvalue weighted by molar-refractivity contribution is -0.385. The van der Waals surface area contributed by atoms with Crippen molar-refractivity contribution in [2.24, 2.45) is 5.10 Å². The quantitative estimate of drug-likeness (QED) is 0.391. The van der Waals surface area contributed by atoms with Gasteiger partial charge in [0.25, 0.3) is 11.6 Å². The molecule has 0 fully saturated rings. The Balaban J connectivity index is 1.90. The Morgan fingerprint density at radius 2 is 1.39 bits per heavy atom. The van der Waals surface area contributed by atoms with Gasteiger partial charge in [-0.25, -0.2) is 5.43 Å². The number of para-hydroxylation sites is 1. The molecule has 3 rings (SSSR count). The first-order chi connectivity index (χ1) is 13.6. The van der Waals surface area contributed by atoms with E-state index in [0.717, 1.165) is 11.1 Å². The largest absolute Gasteiger partial charge is 0.282 e. The van der Waals surface area contributed by atoms with Gasteiger partial charge in [0, 0.05) is 17.7 Å². The molecule has 0 aliphatic carbocycles. The van der Waals surface area contributed by atoms with Gasteiger partial charge in [0.2, 0.25) is 0 Å². The first-order valence-corrected chi connectivity index (χ1v) is 8.75. The molecule has 0 radical (unpaired) electrons. The summed E-state index contributed by atoms with van der Waals surface area (Å²) in [7, 11) is 0. The number of nitro groups is 1. The molecule has 0 aliphatic rings. The fourth-order valence-electron chi connectivity index (χ4n) is 3.05. The Morgan fingerprint density at radius 3 is 1.93 bits per heavy atom. The zero-order chi connectivity index (χ0) is 19.9. The van der Waals surface area contributed by atoms with Crippen LogP contribution >= 0.6 is 0 Å². The third-order valence-electron chi connectivity index (χ3n) is 4.36. The van der Waals surface area contributed by atoms with E-state index in [4.69, 9.17) is 0 Å². The molecule has 0 saturated heterocycles. The normalized spacial score (nSPS) is 11.3. The highest BCUT2D eigenvalue weighted by Crippen LogP contribution is 2.26. The monoisotopic (exact) mass is 373 g/mol. The molecule has 0 aliphatic heterocycles. The predicted octanol–water partition coefficient (Wildman–Crippen LogP) is 4.53. The van der Waals surface area contributed by atoms with E-state index in [-0.39, 0.29) is 17.2 Å². The predicted molar refractivity (Wildman–Crippen MR) is 108 cm³/mol. The van der Waals surface area contributed by atoms with Crippen molar-refractivity contribution in [3.05, 3.63) is 112 Å². The van der Waals surface area contributed by atoms with Crippen molar-refractivity contribution in [2.45, 2.75) is 12.8 Å². The van der Waals surface area contributed by atoms with Crippen LogP contribution in [0.5, 0.6) is 0 Å². The number of nitrogens with one attached hydrogen (secondary N) is 1. The maximum atomic E-state index is 12.4. The van der Waals surface area contributed by atoms with E-state index < -0.39 is 10.8 Å². The minimum absolute atomic E-state index is 0.0278. The van der Waals surface area contributed by atoms with Crippen molar-refractivity contribution in [1.82, 2.24) is 5.43 Å². The zero-order valence-corrected chi connectivity index (χ0v) is 15.3. The summed E-state index contributed by atoms with van der Waals surface area (Å²) in [6, 6.07) is 25.5. The Labute approximate surface area is 162 Å². The van der Waals surface area contributed by atoms with Gasteiger partial charge >= 0.3 is 0 Å². The molecule has 140 valence electrons. The van der Waals surface area contributed by atoms with Gasteiger partial charge in [-0.2, -0.15) is 5.10 Å². The van der Waals surface area contributed by atoms with Gasteiger partial charge in [-0.05, 0) is 24.1 Å². The SMILES string of the molecule is C/C(=N\NC(=O)c1ccccc1[N+](=O)[O-])C(c1ccccc1)c1ccccc1. The first kappa shape index (κ1) is 19.0. The minimum atomic E-state index is -0.619. The number of hydrazone groups is 1. The summed E-state index contributed by atoms with van der Waals surface area (Å²) >= 11 is 0. The lowest BCUT2D eigenvalue weighted by atomic mass is 9.88. The summed E-state index contributed by atoms with van der Waals surface area (Å²) < 4.78 is 0. The van der Waals surface area contributed by atoms with Crippen LogP contribution < -0.4 is 5.43 Å². The van der Waals surface area contributed by atoms with Gasteiger partial charge in [-0.15, -0.1) is 0 Å². The lowest BCUT2D eigenvalue weighted by Gasteiger charge is -2.18. The summed E-state index contributed by atoms with van der Waals surface area (Å²) in [6.07, 6.45) is 0. The summed E-state index contributed by atoms with van der Waals surface area (Å²) in [5.41, 5.74) is 4.92. The van der Waals surface area contributed by atoms with E-state index in [1.54, 1.807) is 6.07 Å². The molecule has 1 amide bonds. The van der Waals surface area contributed by atoms with Gasteiger partial charge < -0.3 is 0 Å². The summed E-state index contributed by atoms with van der Waals surface area (Å²) in [4.78, 5) is 23.0. The fraction of sp³-hybridized carbons (Fsp3) is 0.0909. The highest BCUT2D eigenvalue weighted by molar-refractivity contribution is 5.99. The van der Waals surface area contributed by atoms with E-state index in [1.165, 1.54) is 18.2 Å². The maximum Gasteiger partial charge on any atom is 0.282 e. The van der Waals surface area contributed by atoms with Crippen LogP contribution in [0.3, 0.4) is 0 Å². The average molecular weight is 373 g/mol. The van der Waals surface area contributed by atoms with Gasteiger partial charge in [-0.1, -0.05) is 72.8 Å². The molecular weight excluding hydrogens is 354 g/mol. The molecular formula is C22H19N3O3. The van der Waals surface area contributed by atoms with E-state index in [1.807, 2.05) is 67.6 Å². The molecule has 3 aromatic carbocycles. The number of nitro benzene ring substituents is 1. The van der Waals surface area contributed by atoms with Crippen LogP contribution in [0.2, 0.25) is 0 Å². The van der Waals surface area contributed by atoms with Crippen LogP contribution in [0.15, 0.2) is 90.0 Å². The van der Waals surface area contributed by atoms with E-state index in [2.05, 4.69) is 10.5 Å². The van der Waals surface area contributed by atoms with Gasteiger partial charge in [0.1, 0.15) is 5.56 Å². The van der Waals surface area contributed by atoms with E-state index in [0.29, 0.717) is 5.71 Å². The number of rotatable bonds is 6. The number of hydrogen-bond acceptors (Lipinski definition) is 4. The standard InChI is InChI=1S/C22H19N3O3/c1-16(23-24-22(26)19-14-8-9-15-20(19)25(27)28)21(17-10-4-2-5-11-17)18-12-6-3-7-13-18/h2-15,21H,1H3,(H,24,26)/b23-16+. The smallest absolute Gasteiger partial charge is 0.267 e. The average Bonchev–Trinajstić information content (AvgIpc) is 2.73. The van der Waals surface area contributed by atoms with Crippen molar-refractivity contribution >= 4 is 17.3 Å². The summed E-state index contributed by atoms with van der Waals surface area (Å²) in [5, 5.41) is 15.4. The molecule has 0 saturated carbocycles. The maximum absolute atomic E-state index is 12.4. The van der Waals surface area contributed by atoms with Crippen LogP contribution in [-0.2, 0) is 0 Å². The Hall–Kier alpha value is -3.80. The molecule has 0 spiro atoms. The molecule has 6 heteroatoms. The van der Waals surface area contributed by atoms with Crippen molar-refractivity contribution in [2.75, 3.05) is 0 Å². The fourth-order valence-corrected chi connectivity index (χ4v) is 3.05. The number of carbonyl (C=O) groups excluding carboxylic acids is 1. The molecule has 0 heterocycles. The second-order valence-corrected chi connectivity index (χ2v) is 6.22. The summed E-state index contributed by atoms with van der Waals surface area (Å²) in [6.45, 7) is 1.82. The Kier molecular flexibility index (Phi) is 5.91. The molecule has 6 nitrogen and oxygen atoms in total. The van der Waals surface area contributed by atoms with E-state index in [9.17, 15) is 14.9 Å². The van der Waals surface area contributed by atoms with Crippen molar-refractivity contribution in [1.29, 1.82) is 0 Å². The number of carbonyl (C=O) groups is 1. The highest BCUT2D eigenvalue weighted by Gasteiger charge is 2.20. The van der Waals surface area contributed by atoms with Crippen molar-refractivity contribution < 1.29 is 9.72 Å². The number of benzene rings is 3. The number of amides is 1. The molecule has 0 atom stereocenters. The lowest BCUT2D eigenvalue weighted by Crippen LogP contribution is -2.22. The first-order valence-electron chi connectivity index (χ1n) is 8.75. The van der Waals surface area contributed by atoms with Crippen LogP contribution in [0.4, 0.5) is 5.69 Å². The minimum Gasteiger partial charge on any atom is -0.267 e. The van der Waals surface area contributed by atoms with Crippen LogP contribution in [0.1, 0.15) is 34.3 Å². The molecule has 0 bridgehead atoms. The Morgan fingerprint density at radius 1 is 0.893 bits per heavy atom. The van der Waals surface area contributed by atoms with Crippen LogP contribution in [-0.4, -0.2) is 16.5 Å². The third kappa shape index (κ3) is 4.29. The van der Waals surface area contributed by atoms with Gasteiger partial charge in [-0.3, -0.25) is 14.9 Å². The van der Waals surface area contributed by atoms with Gasteiger partial charge in [0.05, 0.1) is 4.92 Å². The van der Waals surface area contributed by atoms with Gasteiger partial charge in [0.15, 0.2) is 0 Å². The molecule has 0 aromatic heterocycles. The van der Waals surface area contributed by atoms with E-state index >= 15 is 0 Å². The van der Waals surface area contributed by atoms with Crippen molar-refractivity contribution in [3.63, 3.8) is 0 Å². The van der Waals surface area contributed by atoms with Crippen molar-refractivity contribution in [3.8, 4) is 0 Å². The second kappa shape index (κ2) is 8.73. The van der Waals surface area contributed by atoms with Crippen LogP contribution in [0.25, 0.3) is 0 Å². The zero-order valence-electron chi connectivity index (χ0n) is 15.3. The molecule has 3 aromatic rings. The second-order valence-electron chi connectivity index (χ2n) is 6.22. The topological polar surface area (TPSA) is 84.6 Å². The molecule has 0 unspecified atom stereocenters. The Bertz CT molecular complexity index is 962. The number of hydrogen-bond donors (Lipinski definition) is 1. The molecule has 28 heavy (non-hydrogen) atoms. The summed E-state index contributed by atoms with van der Waals surface area (Å²) in [5.74, 6) is -0.764. The highest BCUT2D eigenvalue weighted by atomic mass is 16.6. The third-order valence-corrected chi connectivity index (χ3v) is 4.36. The number of nitrogens with zero attached hydrogens (tertiary/aromatic N) is 2.